The van der Waals surface area contributed by atoms with Gasteiger partial charge in [0.25, 0.3) is 0 Å². The maximum Gasteiger partial charge on any atom is 0.115 e. The Bertz CT molecular complexity index is 687. The molecule has 1 aromatic carbocycles. The van der Waals surface area contributed by atoms with E-state index in [9.17, 15) is 0 Å². The molecule has 1 aromatic heterocycles. The molecule has 0 amide bonds. The number of anilines is 1. The number of morpholine rings is 1. The van der Waals surface area contributed by atoms with E-state index in [-0.39, 0.29) is 6.10 Å². The molecule has 0 aliphatic carbocycles. The Morgan fingerprint density at radius 1 is 1.08 bits per heavy atom. The van der Waals surface area contributed by atoms with E-state index in [1.54, 1.807) is 6.33 Å². The zero-order valence-corrected chi connectivity index (χ0v) is 15.4. The summed E-state index contributed by atoms with van der Waals surface area (Å²) in [5.74, 6) is 0. The lowest BCUT2D eigenvalue weighted by molar-refractivity contribution is -0.0346. The van der Waals surface area contributed by atoms with Gasteiger partial charge in [-0.15, -0.1) is 0 Å². The Hall–Kier alpha value is -1.98. The van der Waals surface area contributed by atoms with Crippen molar-refractivity contribution in [1.29, 1.82) is 0 Å². The molecule has 0 N–H and O–H groups in total. The minimum absolute atomic E-state index is 0.290. The SMILES string of the molecule is c1ccc(N2CCCC2)c(CN2CCOC(CCc3ccncn3)C2)c1. The van der Waals surface area contributed by atoms with Gasteiger partial charge in [-0.05, 0) is 43.4 Å². The predicted molar refractivity (Wildman–Crippen MR) is 103 cm³/mol. The molecule has 0 radical (unpaired) electrons. The van der Waals surface area contributed by atoms with Gasteiger partial charge in [0.15, 0.2) is 0 Å². The fourth-order valence-corrected chi connectivity index (χ4v) is 4.03. The second-order valence-electron chi connectivity index (χ2n) is 7.29. The summed E-state index contributed by atoms with van der Waals surface area (Å²) in [5.41, 5.74) is 3.97. The second kappa shape index (κ2) is 8.60. The normalized spacial score (nSPS) is 21.2. The standard InChI is InChI=1S/C21H28N4O/c1-2-6-21(25-11-3-4-12-25)18(5-1)15-24-13-14-26-20(16-24)8-7-19-9-10-22-17-23-19/h1-2,5-6,9-10,17,20H,3-4,7-8,11-16H2. The third-order valence-corrected chi connectivity index (χ3v) is 5.42. The van der Waals surface area contributed by atoms with Gasteiger partial charge in [0.1, 0.15) is 6.33 Å². The number of aromatic nitrogens is 2. The molecule has 5 nitrogen and oxygen atoms in total. The summed E-state index contributed by atoms with van der Waals surface area (Å²) in [7, 11) is 0. The van der Waals surface area contributed by atoms with Gasteiger partial charge in [-0.1, -0.05) is 18.2 Å². The maximum absolute atomic E-state index is 6.00. The van der Waals surface area contributed by atoms with E-state index in [1.807, 2.05) is 12.3 Å². The molecule has 2 saturated heterocycles. The Labute approximate surface area is 156 Å². The van der Waals surface area contributed by atoms with Crippen LogP contribution in [-0.2, 0) is 17.7 Å². The predicted octanol–water partition coefficient (Wildman–Crippen LogP) is 2.91. The fourth-order valence-electron chi connectivity index (χ4n) is 4.03. The Balaban J connectivity index is 1.35. The first kappa shape index (κ1) is 17.4. The van der Waals surface area contributed by atoms with Crippen LogP contribution in [0.25, 0.3) is 0 Å². The van der Waals surface area contributed by atoms with Crippen molar-refractivity contribution in [2.75, 3.05) is 37.7 Å². The van der Waals surface area contributed by atoms with E-state index < -0.39 is 0 Å². The maximum atomic E-state index is 6.00. The van der Waals surface area contributed by atoms with Crippen molar-refractivity contribution in [3.63, 3.8) is 0 Å². The molecule has 0 saturated carbocycles. The number of hydrogen-bond donors (Lipinski definition) is 0. The molecule has 5 heteroatoms. The van der Waals surface area contributed by atoms with Crippen LogP contribution in [0.5, 0.6) is 0 Å². The third kappa shape index (κ3) is 4.40. The molecule has 1 atom stereocenters. The van der Waals surface area contributed by atoms with Gasteiger partial charge in [-0.2, -0.15) is 0 Å². The molecule has 1 unspecified atom stereocenters. The van der Waals surface area contributed by atoms with E-state index in [2.05, 4.69) is 44.0 Å². The summed E-state index contributed by atoms with van der Waals surface area (Å²) in [6.07, 6.45) is 8.32. The molecule has 0 spiro atoms. The highest BCUT2D eigenvalue weighted by Crippen LogP contribution is 2.26. The minimum Gasteiger partial charge on any atom is -0.376 e. The highest BCUT2D eigenvalue weighted by molar-refractivity contribution is 5.54. The summed E-state index contributed by atoms with van der Waals surface area (Å²) in [4.78, 5) is 13.4. The number of rotatable bonds is 6. The lowest BCUT2D eigenvalue weighted by atomic mass is 10.1. The van der Waals surface area contributed by atoms with Gasteiger partial charge in [-0.3, -0.25) is 4.90 Å². The van der Waals surface area contributed by atoms with Crippen molar-refractivity contribution in [3.05, 3.63) is 54.1 Å². The van der Waals surface area contributed by atoms with Gasteiger partial charge >= 0.3 is 0 Å². The molecular weight excluding hydrogens is 324 g/mol. The van der Waals surface area contributed by atoms with E-state index >= 15 is 0 Å². The van der Waals surface area contributed by atoms with E-state index in [4.69, 9.17) is 4.74 Å². The van der Waals surface area contributed by atoms with Crippen LogP contribution in [-0.4, -0.2) is 53.8 Å². The largest absolute Gasteiger partial charge is 0.376 e. The van der Waals surface area contributed by atoms with E-state index in [0.717, 1.165) is 44.8 Å². The third-order valence-electron chi connectivity index (χ3n) is 5.42. The van der Waals surface area contributed by atoms with Gasteiger partial charge in [0, 0.05) is 50.3 Å². The summed E-state index contributed by atoms with van der Waals surface area (Å²) in [5, 5.41) is 0. The van der Waals surface area contributed by atoms with Gasteiger partial charge in [-0.25, -0.2) is 9.97 Å². The number of para-hydroxylation sites is 1. The first-order chi connectivity index (χ1) is 12.9. The minimum atomic E-state index is 0.290. The monoisotopic (exact) mass is 352 g/mol. The topological polar surface area (TPSA) is 41.5 Å². The van der Waals surface area contributed by atoms with Gasteiger partial charge in [0.2, 0.25) is 0 Å². The van der Waals surface area contributed by atoms with Crippen molar-refractivity contribution in [2.24, 2.45) is 0 Å². The van der Waals surface area contributed by atoms with Crippen LogP contribution >= 0.6 is 0 Å². The van der Waals surface area contributed by atoms with Crippen molar-refractivity contribution in [3.8, 4) is 0 Å². The highest BCUT2D eigenvalue weighted by Gasteiger charge is 2.22. The quantitative estimate of drug-likeness (QED) is 0.800. The van der Waals surface area contributed by atoms with Crippen molar-refractivity contribution < 1.29 is 4.74 Å². The zero-order chi connectivity index (χ0) is 17.6. The van der Waals surface area contributed by atoms with Crippen molar-refractivity contribution >= 4 is 5.69 Å². The Morgan fingerprint density at radius 2 is 1.96 bits per heavy atom. The highest BCUT2D eigenvalue weighted by atomic mass is 16.5. The molecule has 138 valence electrons. The Kier molecular flexibility index (Phi) is 5.77. The first-order valence-corrected chi connectivity index (χ1v) is 9.80. The summed E-state index contributed by atoms with van der Waals surface area (Å²) in [6, 6.07) is 10.9. The van der Waals surface area contributed by atoms with Crippen LogP contribution in [0.2, 0.25) is 0 Å². The van der Waals surface area contributed by atoms with Gasteiger partial charge < -0.3 is 9.64 Å². The number of benzene rings is 1. The number of hydrogen-bond acceptors (Lipinski definition) is 5. The van der Waals surface area contributed by atoms with E-state index in [0.29, 0.717) is 0 Å². The number of aryl methyl sites for hydroxylation is 1. The molecule has 0 bridgehead atoms. The lowest BCUT2D eigenvalue weighted by Gasteiger charge is -2.34. The van der Waals surface area contributed by atoms with Crippen LogP contribution in [0.4, 0.5) is 5.69 Å². The average molecular weight is 352 g/mol. The second-order valence-corrected chi connectivity index (χ2v) is 7.29. The summed E-state index contributed by atoms with van der Waals surface area (Å²) >= 11 is 0. The summed E-state index contributed by atoms with van der Waals surface area (Å²) in [6.45, 7) is 6.24. The lowest BCUT2D eigenvalue weighted by Crippen LogP contribution is -2.42. The zero-order valence-electron chi connectivity index (χ0n) is 15.4. The first-order valence-electron chi connectivity index (χ1n) is 9.80. The molecule has 2 aromatic rings. The van der Waals surface area contributed by atoms with E-state index in [1.165, 1.54) is 37.2 Å². The van der Waals surface area contributed by atoms with Crippen molar-refractivity contribution in [1.82, 2.24) is 14.9 Å². The molecule has 2 aliphatic heterocycles. The van der Waals surface area contributed by atoms with Crippen LogP contribution in [0, 0.1) is 0 Å². The molecule has 2 fully saturated rings. The van der Waals surface area contributed by atoms with Crippen LogP contribution in [0.1, 0.15) is 30.5 Å². The van der Waals surface area contributed by atoms with Gasteiger partial charge in [0.05, 0.1) is 12.7 Å². The Morgan fingerprint density at radius 3 is 2.81 bits per heavy atom. The van der Waals surface area contributed by atoms with Crippen LogP contribution in [0.3, 0.4) is 0 Å². The molecule has 3 heterocycles. The number of nitrogens with zero attached hydrogens (tertiary/aromatic N) is 4. The smallest absolute Gasteiger partial charge is 0.115 e. The molecule has 26 heavy (non-hydrogen) atoms. The summed E-state index contributed by atoms with van der Waals surface area (Å²) < 4.78 is 6.00. The fraction of sp³-hybridized carbons (Fsp3) is 0.524. The molecule has 4 rings (SSSR count). The molecule has 2 aliphatic rings. The van der Waals surface area contributed by atoms with Crippen LogP contribution < -0.4 is 4.90 Å². The molecular formula is C21H28N4O. The van der Waals surface area contributed by atoms with Crippen molar-refractivity contribution in [2.45, 2.75) is 38.3 Å². The average Bonchev–Trinajstić information content (AvgIpc) is 3.23. The number of ether oxygens (including phenoxy) is 1. The van der Waals surface area contributed by atoms with Crippen LogP contribution in [0.15, 0.2) is 42.9 Å².